The fraction of sp³-hybridized carbons (Fsp3) is 0.357. The fourth-order valence-corrected chi connectivity index (χ4v) is 3.64. The van der Waals surface area contributed by atoms with Crippen molar-refractivity contribution in [1.29, 1.82) is 0 Å². The zero-order valence-corrected chi connectivity index (χ0v) is 13.4. The van der Waals surface area contributed by atoms with Gasteiger partial charge in [-0.3, -0.25) is 4.79 Å². The van der Waals surface area contributed by atoms with Crippen molar-refractivity contribution in [3.63, 3.8) is 0 Å². The molecule has 0 aliphatic rings. The van der Waals surface area contributed by atoms with Crippen LogP contribution in [0.25, 0.3) is 0 Å². The van der Waals surface area contributed by atoms with Gasteiger partial charge in [0.25, 0.3) is 0 Å². The zero-order chi connectivity index (χ0) is 15.2. The van der Waals surface area contributed by atoms with Crippen molar-refractivity contribution in [3.05, 3.63) is 40.7 Å². The molecule has 21 heavy (non-hydrogen) atoms. The molecule has 1 N–H and O–H groups in total. The number of benzene rings is 1. The molecule has 0 saturated carbocycles. The number of aryl methyl sites for hydroxylation is 1. The second-order valence-electron chi connectivity index (χ2n) is 4.51. The van der Waals surface area contributed by atoms with Crippen LogP contribution < -0.4 is 5.32 Å². The molecule has 0 aliphatic heterocycles. The van der Waals surface area contributed by atoms with Crippen LogP contribution in [-0.2, 0) is 11.2 Å². The Morgan fingerprint density at radius 2 is 2.10 bits per heavy atom. The van der Waals surface area contributed by atoms with E-state index >= 15 is 0 Å². The Balaban J connectivity index is 1.74. The molecule has 2 aromatic rings. The lowest BCUT2D eigenvalue weighted by Gasteiger charge is -2.10. The highest BCUT2D eigenvalue weighted by atomic mass is 32.2. The minimum atomic E-state index is -0.250. The van der Waals surface area contributed by atoms with Gasteiger partial charge in [0, 0.05) is 6.54 Å². The van der Waals surface area contributed by atoms with Crippen molar-refractivity contribution < 1.29 is 9.18 Å². The number of halogens is 1. The summed E-state index contributed by atoms with van der Waals surface area (Å²) >= 11 is 2.88. The van der Waals surface area contributed by atoms with E-state index in [2.05, 4.69) is 15.5 Å². The first-order valence-electron chi connectivity index (χ1n) is 6.53. The van der Waals surface area contributed by atoms with Gasteiger partial charge in [-0.25, -0.2) is 4.39 Å². The van der Waals surface area contributed by atoms with Gasteiger partial charge in [0.2, 0.25) is 5.91 Å². The molecule has 1 aromatic heterocycles. The predicted molar refractivity (Wildman–Crippen MR) is 83.1 cm³/mol. The highest BCUT2D eigenvalue weighted by Gasteiger charge is 2.16. The molecule has 1 aromatic carbocycles. The van der Waals surface area contributed by atoms with Gasteiger partial charge in [-0.1, -0.05) is 35.2 Å². The van der Waals surface area contributed by atoms with Crippen molar-refractivity contribution in [2.75, 3.05) is 6.54 Å². The van der Waals surface area contributed by atoms with Crippen molar-refractivity contribution in [1.82, 2.24) is 15.5 Å². The largest absolute Gasteiger partial charge is 0.355 e. The maximum atomic E-state index is 12.8. The second kappa shape index (κ2) is 7.51. The van der Waals surface area contributed by atoms with Gasteiger partial charge in [-0.2, -0.15) is 0 Å². The number of thioether (sulfide) groups is 1. The lowest BCUT2D eigenvalue weighted by atomic mass is 10.1. The van der Waals surface area contributed by atoms with E-state index in [9.17, 15) is 9.18 Å². The van der Waals surface area contributed by atoms with E-state index in [0.717, 1.165) is 14.9 Å². The van der Waals surface area contributed by atoms with Crippen molar-refractivity contribution in [2.45, 2.75) is 29.9 Å². The quantitative estimate of drug-likeness (QED) is 0.830. The molecule has 0 bridgehead atoms. The van der Waals surface area contributed by atoms with Gasteiger partial charge in [-0.15, -0.1) is 10.2 Å². The van der Waals surface area contributed by atoms with Gasteiger partial charge in [-0.05, 0) is 38.0 Å². The number of aromatic nitrogens is 2. The smallest absolute Gasteiger partial charge is 0.233 e. The Morgan fingerprint density at radius 3 is 2.71 bits per heavy atom. The molecule has 0 saturated heterocycles. The van der Waals surface area contributed by atoms with E-state index < -0.39 is 0 Å². The summed E-state index contributed by atoms with van der Waals surface area (Å²) < 4.78 is 13.6. The molecule has 112 valence electrons. The van der Waals surface area contributed by atoms with E-state index in [4.69, 9.17) is 0 Å². The SMILES string of the molecule is Cc1nnc(S[C@H](C)C(=O)NCCc2ccc(F)cc2)s1. The first kappa shape index (κ1) is 15.9. The third-order valence-electron chi connectivity index (χ3n) is 2.78. The molecule has 0 spiro atoms. The lowest BCUT2D eigenvalue weighted by Crippen LogP contribution is -2.32. The molecular weight excluding hydrogens is 309 g/mol. The average Bonchev–Trinajstić information content (AvgIpc) is 2.86. The Bertz CT molecular complexity index is 601. The van der Waals surface area contributed by atoms with Gasteiger partial charge in [0.1, 0.15) is 10.8 Å². The highest BCUT2D eigenvalue weighted by molar-refractivity contribution is 8.02. The fourth-order valence-electron chi connectivity index (χ4n) is 1.66. The minimum absolute atomic E-state index is 0.0324. The monoisotopic (exact) mass is 325 g/mol. The van der Waals surface area contributed by atoms with Crippen molar-refractivity contribution in [2.24, 2.45) is 0 Å². The molecule has 2 rings (SSSR count). The van der Waals surface area contributed by atoms with Crippen LogP contribution in [0.15, 0.2) is 28.6 Å². The molecule has 0 radical (unpaired) electrons. The molecule has 0 unspecified atom stereocenters. The van der Waals surface area contributed by atoms with Crippen LogP contribution in [0.5, 0.6) is 0 Å². The Kier molecular flexibility index (Phi) is 5.69. The molecule has 1 amide bonds. The van der Waals surface area contributed by atoms with Gasteiger partial charge < -0.3 is 5.32 Å². The van der Waals surface area contributed by atoms with Crippen LogP contribution in [0, 0.1) is 12.7 Å². The van der Waals surface area contributed by atoms with E-state index in [1.54, 1.807) is 12.1 Å². The normalized spacial score (nSPS) is 12.1. The number of hydrogen-bond donors (Lipinski definition) is 1. The van der Waals surface area contributed by atoms with Crippen molar-refractivity contribution >= 4 is 29.0 Å². The molecule has 4 nitrogen and oxygen atoms in total. The number of nitrogens with one attached hydrogen (secondary N) is 1. The van der Waals surface area contributed by atoms with Crippen LogP contribution in [-0.4, -0.2) is 27.9 Å². The van der Waals surface area contributed by atoms with E-state index in [-0.39, 0.29) is 17.0 Å². The number of nitrogens with zero attached hydrogens (tertiary/aromatic N) is 2. The van der Waals surface area contributed by atoms with Gasteiger partial charge >= 0.3 is 0 Å². The van der Waals surface area contributed by atoms with Gasteiger partial charge in [0.05, 0.1) is 5.25 Å². The topological polar surface area (TPSA) is 54.9 Å². The second-order valence-corrected chi connectivity index (χ2v) is 7.28. The standard InChI is InChI=1S/C14H16FN3OS2/c1-9(20-14-18-17-10(2)21-14)13(19)16-8-7-11-3-5-12(15)6-4-11/h3-6,9H,7-8H2,1-2H3,(H,16,19)/t9-/m1/s1. The van der Waals surface area contributed by atoms with E-state index in [1.807, 2.05) is 13.8 Å². The Hall–Kier alpha value is -1.47. The van der Waals surface area contributed by atoms with Crippen LogP contribution in [0.3, 0.4) is 0 Å². The third-order valence-corrected chi connectivity index (χ3v) is 4.80. The van der Waals surface area contributed by atoms with E-state index in [1.165, 1.54) is 35.2 Å². The molecule has 1 heterocycles. The summed E-state index contributed by atoms with van der Waals surface area (Å²) in [6.07, 6.45) is 0.682. The molecule has 7 heteroatoms. The first-order chi connectivity index (χ1) is 10.0. The molecule has 0 fully saturated rings. The maximum absolute atomic E-state index is 12.8. The maximum Gasteiger partial charge on any atom is 0.233 e. The Labute approximate surface area is 131 Å². The zero-order valence-electron chi connectivity index (χ0n) is 11.8. The van der Waals surface area contributed by atoms with Crippen LogP contribution >= 0.6 is 23.1 Å². The summed E-state index contributed by atoms with van der Waals surface area (Å²) in [6.45, 7) is 4.26. The molecule has 0 aliphatic carbocycles. The number of amides is 1. The summed E-state index contributed by atoms with van der Waals surface area (Å²) in [5, 5.41) is 11.5. The molecular formula is C14H16FN3OS2. The lowest BCUT2D eigenvalue weighted by molar-refractivity contribution is -0.120. The number of rotatable bonds is 6. The summed E-state index contributed by atoms with van der Waals surface area (Å²) in [5.74, 6) is -0.282. The van der Waals surface area contributed by atoms with E-state index in [0.29, 0.717) is 13.0 Å². The molecule has 1 atom stereocenters. The van der Waals surface area contributed by atoms with Crippen LogP contribution in [0.1, 0.15) is 17.5 Å². The van der Waals surface area contributed by atoms with Crippen LogP contribution in [0.4, 0.5) is 4.39 Å². The summed E-state index contributed by atoms with van der Waals surface area (Å²) in [6, 6.07) is 6.30. The number of hydrogen-bond acceptors (Lipinski definition) is 5. The number of carbonyl (C=O) groups is 1. The average molecular weight is 325 g/mol. The van der Waals surface area contributed by atoms with Gasteiger partial charge in [0.15, 0.2) is 4.34 Å². The minimum Gasteiger partial charge on any atom is -0.355 e. The summed E-state index contributed by atoms with van der Waals surface area (Å²) in [7, 11) is 0. The van der Waals surface area contributed by atoms with Crippen molar-refractivity contribution in [3.8, 4) is 0 Å². The predicted octanol–water partition coefficient (Wildman–Crippen LogP) is 2.83. The first-order valence-corrected chi connectivity index (χ1v) is 8.23. The third kappa shape index (κ3) is 5.09. The summed E-state index contributed by atoms with van der Waals surface area (Å²) in [4.78, 5) is 12.0. The Morgan fingerprint density at radius 1 is 1.38 bits per heavy atom. The van der Waals surface area contributed by atoms with Crippen LogP contribution in [0.2, 0.25) is 0 Å². The summed E-state index contributed by atoms with van der Waals surface area (Å²) in [5.41, 5.74) is 0.997. The number of carbonyl (C=O) groups excluding carboxylic acids is 1. The highest BCUT2D eigenvalue weighted by Crippen LogP contribution is 2.26.